The van der Waals surface area contributed by atoms with Crippen molar-refractivity contribution in [2.45, 2.75) is 33.6 Å². The van der Waals surface area contributed by atoms with Gasteiger partial charge < -0.3 is 9.47 Å². The minimum absolute atomic E-state index is 0.0836. The SMILES string of the molecule is CCOc1cccc(OCC(CC)(CC)CS(=O)(=O)Cl)c1. The van der Waals surface area contributed by atoms with Crippen molar-refractivity contribution in [3.8, 4) is 11.5 Å². The van der Waals surface area contributed by atoms with Crippen LogP contribution in [0, 0.1) is 5.41 Å². The van der Waals surface area contributed by atoms with Crippen molar-refractivity contribution >= 4 is 19.7 Å². The summed E-state index contributed by atoms with van der Waals surface area (Å²) in [5, 5.41) is 0. The molecule has 0 aliphatic heterocycles. The van der Waals surface area contributed by atoms with Gasteiger partial charge in [-0.3, -0.25) is 0 Å². The van der Waals surface area contributed by atoms with Crippen LogP contribution in [0.5, 0.6) is 11.5 Å². The predicted molar refractivity (Wildman–Crippen MR) is 85.8 cm³/mol. The smallest absolute Gasteiger partial charge is 0.233 e. The lowest BCUT2D eigenvalue weighted by Gasteiger charge is -2.30. The van der Waals surface area contributed by atoms with Gasteiger partial charge in [-0.1, -0.05) is 19.9 Å². The average molecular weight is 335 g/mol. The number of hydrogen-bond donors (Lipinski definition) is 0. The van der Waals surface area contributed by atoms with E-state index in [9.17, 15) is 8.42 Å². The fourth-order valence-electron chi connectivity index (χ4n) is 2.12. The van der Waals surface area contributed by atoms with Crippen LogP contribution in [0.25, 0.3) is 0 Å². The molecule has 4 nitrogen and oxygen atoms in total. The minimum Gasteiger partial charge on any atom is -0.494 e. The van der Waals surface area contributed by atoms with Crippen molar-refractivity contribution in [2.24, 2.45) is 5.41 Å². The van der Waals surface area contributed by atoms with Crippen LogP contribution in [0.15, 0.2) is 24.3 Å². The Morgan fingerprint density at radius 3 is 2.14 bits per heavy atom. The van der Waals surface area contributed by atoms with Gasteiger partial charge in [0.05, 0.1) is 19.0 Å². The molecule has 21 heavy (non-hydrogen) atoms. The first-order chi connectivity index (χ1) is 9.84. The van der Waals surface area contributed by atoms with Gasteiger partial charge in [-0.2, -0.15) is 0 Å². The van der Waals surface area contributed by atoms with Gasteiger partial charge in [-0.05, 0) is 31.9 Å². The summed E-state index contributed by atoms with van der Waals surface area (Å²) in [6, 6.07) is 7.33. The highest BCUT2D eigenvalue weighted by atomic mass is 35.7. The van der Waals surface area contributed by atoms with E-state index >= 15 is 0 Å². The highest BCUT2D eigenvalue weighted by molar-refractivity contribution is 8.13. The van der Waals surface area contributed by atoms with Crippen LogP contribution >= 0.6 is 10.7 Å². The largest absolute Gasteiger partial charge is 0.494 e. The monoisotopic (exact) mass is 334 g/mol. The molecule has 0 spiro atoms. The third-order valence-electron chi connectivity index (χ3n) is 3.64. The van der Waals surface area contributed by atoms with Gasteiger partial charge in [-0.25, -0.2) is 8.42 Å². The zero-order chi connectivity index (χ0) is 15.9. The topological polar surface area (TPSA) is 52.6 Å². The van der Waals surface area contributed by atoms with Gasteiger partial charge in [0.1, 0.15) is 11.5 Å². The summed E-state index contributed by atoms with van der Waals surface area (Å²) in [5.74, 6) is 1.32. The molecule has 6 heteroatoms. The van der Waals surface area contributed by atoms with E-state index in [1.54, 1.807) is 6.07 Å². The molecule has 0 N–H and O–H groups in total. The molecule has 0 aromatic heterocycles. The molecule has 1 rings (SSSR count). The van der Waals surface area contributed by atoms with Gasteiger partial charge in [0.2, 0.25) is 9.05 Å². The van der Waals surface area contributed by atoms with Crippen molar-refractivity contribution < 1.29 is 17.9 Å². The first-order valence-corrected chi connectivity index (χ1v) is 9.60. The summed E-state index contributed by atoms with van der Waals surface area (Å²) in [4.78, 5) is 0. The maximum absolute atomic E-state index is 11.4. The van der Waals surface area contributed by atoms with Gasteiger partial charge >= 0.3 is 0 Å². The first-order valence-electron chi connectivity index (χ1n) is 7.12. The molecule has 0 fully saturated rings. The normalized spacial score (nSPS) is 12.2. The van der Waals surface area contributed by atoms with E-state index in [1.165, 1.54) is 0 Å². The number of ether oxygens (including phenoxy) is 2. The molecule has 120 valence electrons. The Kier molecular flexibility index (Phi) is 6.81. The maximum atomic E-state index is 11.4. The van der Waals surface area contributed by atoms with Gasteiger partial charge in [0.25, 0.3) is 0 Å². The van der Waals surface area contributed by atoms with Crippen molar-refractivity contribution in [3.05, 3.63) is 24.3 Å². The molecule has 1 aromatic rings. The molecule has 0 saturated carbocycles. The summed E-state index contributed by atoms with van der Waals surface area (Å²) in [5.41, 5.74) is -0.470. The average Bonchev–Trinajstić information content (AvgIpc) is 2.43. The van der Waals surface area contributed by atoms with E-state index in [1.807, 2.05) is 39.0 Å². The number of hydrogen-bond acceptors (Lipinski definition) is 4. The van der Waals surface area contributed by atoms with Gasteiger partial charge in [0.15, 0.2) is 0 Å². The number of benzene rings is 1. The zero-order valence-electron chi connectivity index (χ0n) is 12.8. The Bertz CT molecular complexity index is 538. The molecular weight excluding hydrogens is 312 g/mol. The summed E-state index contributed by atoms with van der Waals surface area (Å²) in [7, 11) is 1.86. The Labute approximate surface area is 131 Å². The lowest BCUT2D eigenvalue weighted by Crippen LogP contribution is -2.33. The van der Waals surface area contributed by atoms with Crippen LogP contribution in [0.4, 0.5) is 0 Å². The Hall–Kier alpha value is -0.940. The Balaban J connectivity index is 2.79. The maximum Gasteiger partial charge on any atom is 0.233 e. The molecule has 0 radical (unpaired) electrons. The highest BCUT2D eigenvalue weighted by Crippen LogP contribution is 2.31. The van der Waals surface area contributed by atoms with Crippen molar-refractivity contribution in [2.75, 3.05) is 19.0 Å². The third-order valence-corrected chi connectivity index (χ3v) is 4.92. The fraction of sp³-hybridized carbons (Fsp3) is 0.600. The number of halogens is 1. The van der Waals surface area contributed by atoms with Gasteiger partial charge in [0, 0.05) is 22.2 Å². The van der Waals surface area contributed by atoms with Crippen LogP contribution in [-0.2, 0) is 9.05 Å². The van der Waals surface area contributed by atoms with Gasteiger partial charge in [-0.15, -0.1) is 0 Å². The van der Waals surface area contributed by atoms with E-state index in [2.05, 4.69) is 0 Å². The Morgan fingerprint density at radius 2 is 1.67 bits per heavy atom. The molecular formula is C15H23ClO4S. The fourth-order valence-corrected chi connectivity index (χ4v) is 4.04. The molecule has 0 unspecified atom stereocenters. The van der Waals surface area contributed by atoms with Crippen molar-refractivity contribution in [1.29, 1.82) is 0 Å². The van der Waals surface area contributed by atoms with E-state index < -0.39 is 14.5 Å². The molecule has 0 aliphatic rings. The van der Waals surface area contributed by atoms with E-state index in [0.717, 1.165) is 5.75 Å². The lowest BCUT2D eigenvalue weighted by molar-refractivity contribution is 0.154. The lowest BCUT2D eigenvalue weighted by atomic mass is 9.85. The minimum atomic E-state index is -3.56. The highest BCUT2D eigenvalue weighted by Gasteiger charge is 2.32. The summed E-state index contributed by atoms with van der Waals surface area (Å²) in [6.07, 6.45) is 1.36. The second-order valence-corrected chi connectivity index (χ2v) is 7.86. The van der Waals surface area contributed by atoms with E-state index in [-0.39, 0.29) is 5.75 Å². The quantitative estimate of drug-likeness (QED) is 0.644. The molecule has 0 saturated heterocycles. The first kappa shape index (κ1) is 18.1. The molecule has 0 atom stereocenters. The standard InChI is InChI=1S/C15H23ClO4S/c1-4-15(5-2,12-21(16,17)18)11-20-14-9-7-8-13(10-14)19-6-3/h7-10H,4-6,11-12H2,1-3H3. The van der Waals surface area contributed by atoms with Crippen LogP contribution in [0.2, 0.25) is 0 Å². The summed E-state index contributed by atoms with van der Waals surface area (Å²) >= 11 is 0. The second-order valence-electron chi connectivity index (χ2n) is 5.09. The summed E-state index contributed by atoms with van der Waals surface area (Å²) in [6.45, 7) is 6.71. The van der Waals surface area contributed by atoms with Crippen molar-refractivity contribution in [3.63, 3.8) is 0 Å². The van der Waals surface area contributed by atoms with Crippen LogP contribution in [0.1, 0.15) is 33.6 Å². The third kappa shape index (κ3) is 6.14. The molecule has 1 aromatic carbocycles. The summed E-state index contributed by atoms with van der Waals surface area (Å²) < 4.78 is 34.0. The molecule has 0 amide bonds. The molecule has 0 aliphatic carbocycles. The molecule has 0 bridgehead atoms. The zero-order valence-corrected chi connectivity index (χ0v) is 14.3. The Morgan fingerprint density at radius 1 is 1.10 bits per heavy atom. The van der Waals surface area contributed by atoms with Crippen molar-refractivity contribution in [1.82, 2.24) is 0 Å². The number of rotatable bonds is 9. The second kappa shape index (κ2) is 7.90. The van der Waals surface area contributed by atoms with Crippen LogP contribution in [0.3, 0.4) is 0 Å². The van der Waals surface area contributed by atoms with E-state index in [0.29, 0.717) is 31.8 Å². The predicted octanol–water partition coefficient (Wildman–Crippen LogP) is 3.84. The van der Waals surface area contributed by atoms with Crippen LogP contribution in [-0.4, -0.2) is 27.4 Å². The van der Waals surface area contributed by atoms with Crippen LogP contribution < -0.4 is 9.47 Å². The molecule has 0 heterocycles. The van der Waals surface area contributed by atoms with E-state index in [4.69, 9.17) is 20.2 Å².